The molecule has 0 spiro atoms. The summed E-state index contributed by atoms with van der Waals surface area (Å²) >= 11 is 0. The first-order valence-corrected chi connectivity index (χ1v) is 10.5. The van der Waals surface area contributed by atoms with E-state index in [2.05, 4.69) is 20.9 Å². The van der Waals surface area contributed by atoms with Crippen molar-refractivity contribution in [3.63, 3.8) is 0 Å². The molecule has 9 nitrogen and oxygen atoms in total. The van der Waals surface area contributed by atoms with Gasteiger partial charge in [-0.2, -0.15) is 0 Å². The van der Waals surface area contributed by atoms with Crippen molar-refractivity contribution in [1.29, 1.82) is 0 Å². The molecule has 1 aromatic heterocycles. The van der Waals surface area contributed by atoms with Crippen LogP contribution in [0.1, 0.15) is 32.1 Å². The van der Waals surface area contributed by atoms with E-state index in [9.17, 15) is 18.8 Å². The van der Waals surface area contributed by atoms with Gasteiger partial charge in [0.2, 0.25) is 11.8 Å². The number of ether oxygens (including phenoxy) is 1. The number of pyridine rings is 1. The van der Waals surface area contributed by atoms with Crippen LogP contribution in [0.4, 0.5) is 20.7 Å². The summed E-state index contributed by atoms with van der Waals surface area (Å²) in [6.07, 6.45) is 4.96. The molecule has 0 atom stereocenters. The third kappa shape index (κ3) is 5.93. The van der Waals surface area contributed by atoms with Crippen LogP contribution in [0.15, 0.2) is 36.5 Å². The number of nitrogens with zero attached hydrogens (tertiary/aromatic N) is 2. The second kappa shape index (κ2) is 9.63. The minimum atomic E-state index is -0.690. The third-order valence-electron chi connectivity index (χ3n) is 5.07. The number of carbonyl (C=O) groups is 3. The van der Waals surface area contributed by atoms with Crippen molar-refractivity contribution >= 4 is 29.4 Å². The molecule has 4 rings (SSSR count). The van der Waals surface area contributed by atoms with Gasteiger partial charge in [0, 0.05) is 43.1 Å². The summed E-state index contributed by atoms with van der Waals surface area (Å²) < 4.78 is 20.1. The number of urea groups is 1. The molecule has 2 aliphatic rings. The molecule has 0 unspecified atom stereocenters. The number of amides is 4. The van der Waals surface area contributed by atoms with Crippen LogP contribution in [0, 0.1) is 5.82 Å². The van der Waals surface area contributed by atoms with Crippen LogP contribution in [0.25, 0.3) is 0 Å². The molecule has 32 heavy (non-hydrogen) atoms. The predicted octanol–water partition coefficient (Wildman–Crippen LogP) is 3.25. The van der Waals surface area contributed by atoms with Gasteiger partial charge in [0.1, 0.15) is 18.0 Å². The molecule has 0 radical (unpaired) electrons. The topological polar surface area (TPSA) is 113 Å². The molecule has 1 aliphatic carbocycles. The van der Waals surface area contributed by atoms with Crippen LogP contribution in [0.3, 0.4) is 0 Å². The lowest BCUT2D eigenvalue weighted by atomic mass is 10.2. The molecule has 168 valence electrons. The average molecular weight is 441 g/mol. The van der Waals surface area contributed by atoms with Crippen LogP contribution in [0.5, 0.6) is 11.5 Å². The van der Waals surface area contributed by atoms with Gasteiger partial charge in [0.05, 0.1) is 0 Å². The zero-order valence-electron chi connectivity index (χ0n) is 17.4. The molecule has 1 saturated heterocycles. The summed E-state index contributed by atoms with van der Waals surface area (Å²) in [4.78, 5) is 41.7. The van der Waals surface area contributed by atoms with Crippen LogP contribution < -0.4 is 20.7 Å². The van der Waals surface area contributed by atoms with E-state index in [0.717, 1.165) is 31.7 Å². The lowest BCUT2D eigenvalue weighted by Crippen LogP contribution is -2.32. The fourth-order valence-corrected chi connectivity index (χ4v) is 3.30. The lowest BCUT2D eigenvalue weighted by Gasteiger charge is -2.16. The highest BCUT2D eigenvalue weighted by atomic mass is 19.1. The number of halogens is 1. The van der Waals surface area contributed by atoms with Gasteiger partial charge in [-0.25, -0.2) is 14.2 Å². The van der Waals surface area contributed by atoms with Gasteiger partial charge < -0.3 is 20.3 Å². The Bertz CT molecular complexity index is 1020. The largest absolute Gasteiger partial charge is 0.454 e. The Balaban J connectivity index is 1.33. The standard InChI is InChI=1S/C22H24FN5O4/c23-17-11-15(26-21(30)13-20(29)25-14-3-4-14)5-6-18(17)32-16-7-8-24-19(12-16)27-22(31)28-9-1-2-10-28/h5-8,11-12,14H,1-4,9-10,13H2,(H,25,29)(H,26,30)(H,24,27,31). The number of likely N-dealkylation sites (tertiary alicyclic amines) is 1. The van der Waals surface area contributed by atoms with Crippen molar-refractivity contribution in [3.8, 4) is 11.5 Å². The van der Waals surface area contributed by atoms with Gasteiger partial charge in [-0.05, 0) is 43.9 Å². The monoisotopic (exact) mass is 441 g/mol. The number of hydrogen-bond donors (Lipinski definition) is 3. The molecule has 0 bridgehead atoms. The van der Waals surface area contributed by atoms with E-state index in [1.54, 1.807) is 11.0 Å². The van der Waals surface area contributed by atoms with Crippen molar-refractivity contribution in [2.75, 3.05) is 23.7 Å². The zero-order valence-corrected chi connectivity index (χ0v) is 17.4. The molecule has 3 N–H and O–H groups in total. The van der Waals surface area contributed by atoms with Crippen molar-refractivity contribution in [2.45, 2.75) is 38.1 Å². The van der Waals surface area contributed by atoms with E-state index >= 15 is 0 Å². The van der Waals surface area contributed by atoms with Gasteiger partial charge in [-0.15, -0.1) is 0 Å². The molecule has 1 aromatic carbocycles. The maximum absolute atomic E-state index is 14.5. The van der Waals surface area contributed by atoms with Crippen LogP contribution in [0.2, 0.25) is 0 Å². The number of benzene rings is 1. The van der Waals surface area contributed by atoms with Crippen LogP contribution >= 0.6 is 0 Å². The summed E-state index contributed by atoms with van der Waals surface area (Å²) in [6.45, 7) is 1.42. The fraction of sp³-hybridized carbons (Fsp3) is 0.364. The normalized spacial score (nSPS) is 15.2. The Kier molecular flexibility index (Phi) is 6.48. The summed E-state index contributed by atoms with van der Waals surface area (Å²) in [5.41, 5.74) is 0.215. The van der Waals surface area contributed by atoms with E-state index in [1.165, 1.54) is 24.4 Å². The maximum atomic E-state index is 14.5. The van der Waals surface area contributed by atoms with Crippen LogP contribution in [-0.2, 0) is 9.59 Å². The Morgan fingerprint density at radius 1 is 1.06 bits per heavy atom. The van der Waals surface area contributed by atoms with Gasteiger partial charge in [0.25, 0.3) is 0 Å². The van der Waals surface area contributed by atoms with Crippen molar-refractivity contribution in [1.82, 2.24) is 15.2 Å². The molecule has 1 saturated carbocycles. The highest BCUT2D eigenvalue weighted by Crippen LogP contribution is 2.28. The smallest absolute Gasteiger partial charge is 0.323 e. The van der Waals surface area contributed by atoms with Gasteiger partial charge in [0.15, 0.2) is 11.6 Å². The number of carbonyl (C=O) groups excluding carboxylic acids is 3. The molecule has 2 aromatic rings. The van der Waals surface area contributed by atoms with E-state index in [1.807, 2.05) is 0 Å². The highest BCUT2D eigenvalue weighted by molar-refractivity contribution is 6.03. The Morgan fingerprint density at radius 2 is 1.84 bits per heavy atom. The lowest BCUT2D eigenvalue weighted by molar-refractivity contribution is -0.126. The quantitative estimate of drug-likeness (QED) is 0.571. The number of anilines is 2. The summed E-state index contributed by atoms with van der Waals surface area (Å²) in [7, 11) is 0. The molecule has 4 amide bonds. The summed E-state index contributed by atoms with van der Waals surface area (Å²) in [5, 5.41) is 7.93. The molecular formula is C22H24FN5O4. The van der Waals surface area contributed by atoms with E-state index < -0.39 is 11.7 Å². The van der Waals surface area contributed by atoms with Crippen molar-refractivity contribution < 1.29 is 23.5 Å². The first-order chi connectivity index (χ1) is 15.5. The van der Waals surface area contributed by atoms with Crippen molar-refractivity contribution in [2.24, 2.45) is 0 Å². The minimum absolute atomic E-state index is 0.0579. The van der Waals surface area contributed by atoms with Gasteiger partial charge in [-0.1, -0.05) is 0 Å². The molecule has 2 fully saturated rings. The Labute approximate surface area is 184 Å². The molecular weight excluding hydrogens is 417 g/mol. The summed E-state index contributed by atoms with van der Waals surface area (Å²) in [6, 6.07) is 6.95. The second-order valence-corrected chi connectivity index (χ2v) is 7.82. The first kappa shape index (κ1) is 21.5. The Hall–Kier alpha value is -3.69. The zero-order chi connectivity index (χ0) is 22.5. The van der Waals surface area contributed by atoms with Crippen LogP contribution in [-0.4, -0.2) is 46.9 Å². The molecule has 2 heterocycles. The summed E-state index contributed by atoms with van der Waals surface area (Å²) in [5.74, 6) is -1.03. The van der Waals surface area contributed by atoms with E-state index in [4.69, 9.17) is 4.74 Å². The van der Waals surface area contributed by atoms with E-state index in [-0.39, 0.29) is 35.8 Å². The van der Waals surface area contributed by atoms with Crippen molar-refractivity contribution in [3.05, 3.63) is 42.3 Å². The predicted molar refractivity (Wildman–Crippen MR) is 115 cm³/mol. The number of aromatic nitrogens is 1. The average Bonchev–Trinajstić information content (AvgIpc) is 3.37. The first-order valence-electron chi connectivity index (χ1n) is 10.5. The molecule has 1 aliphatic heterocycles. The minimum Gasteiger partial charge on any atom is -0.454 e. The van der Waals surface area contributed by atoms with E-state index in [0.29, 0.717) is 24.7 Å². The SMILES string of the molecule is O=C(CC(=O)NC1CC1)Nc1ccc(Oc2ccnc(NC(=O)N3CCCC3)c2)c(F)c1. The number of rotatable bonds is 7. The number of hydrogen-bond acceptors (Lipinski definition) is 5. The molecule has 10 heteroatoms. The highest BCUT2D eigenvalue weighted by Gasteiger charge is 2.24. The maximum Gasteiger partial charge on any atom is 0.323 e. The second-order valence-electron chi connectivity index (χ2n) is 7.82. The van der Waals surface area contributed by atoms with Gasteiger partial charge in [-0.3, -0.25) is 14.9 Å². The third-order valence-corrected chi connectivity index (χ3v) is 5.07. The fourth-order valence-electron chi connectivity index (χ4n) is 3.30. The van der Waals surface area contributed by atoms with Gasteiger partial charge >= 0.3 is 6.03 Å². The number of nitrogens with one attached hydrogen (secondary N) is 3. The Morgan fingerprint density at radius 3 is 2.56 bits per heavy atom.